The molecule has 1 aliphatic heterocycles. The zero-order chi connectivity index (χ0) is 14.5. The predicted octanol–water partition coefficient (Wildman–Crippen LogP) is 3.81. The molecule has 1 heterocycles. The highest BCUT2D eigenvalue weighted by Gasteiger charge is 2.64. The molecule has 3 nitrogen and oxygen atoms in total. The van der Waals surface area contributed by atoms with Crippen molar-refractivity contribution in [2.45, 2.75) is 53.2 Å². The number of carbonyl (C=O) groups is 1. The SMILES string of the molecule is CC(=O)O[C@@H]1OC=CC12C[C@H]1C=C(C)CC[C@H]1C2(C)C. The lowest BCUT2D eigenvalue weighted by atomic mass is 9.63. The van der Waals surface area contributed by atoms with Crippen molar-refractivity contribution in [3.63, 3.8) is 0 Å². The van der Waals surface area contributed by atoms with Crippen LogP contribution in [0.1, 0.15) is 47.0 Å². The number of esters is 1. The Kier molecular flexibility index (Phi) is 3.00. The van der Waals surface area contributed by atoms with E-state index in [2.05, 4.69) is 32.9 Å². The maximum Gasteiger partial charge on any atom is 0.305 e. The van der Waals surface area contributed by atoms with Crippen LogP contribution in [-0.4, -0.2) is 12.3 Å². The van der Waals surface area contributed by atoms with E-state index in [1.807, 2.05) is 0 Å². The summed E-state index contributed by atoms with van der Waals surface area (Å²) in [4.78, 5) is 11.4. The number of hydrogen-bond acceptors (Lipinski definition) is 3. The van der Waals surface area contributed by atoms with E-state index in [1.54, 1.807) is 6.26 Å². The van der Waals surface area contributed by atoms with Gasteiger partial charge in [0, 0.05) is 6.92 Å². The Bertz CT molecular complexity index is 488. The fraction of sp³-hybridized carbons (Fsp3) is 0.706. The van der Waals surface area contributed by atoms with Crippen molar-refractivity contribution < 1.29 is 14.3 Å². The number of hydrogen-bond donors (Lipinski definition) is 0. The van der Waals surface area contributed by atoms with Gasteiger partial charge >= 0.3 is 5.97 Å². The highest BCUT2D eigenvalue weighted by Crippen LogP contribution is 2.65. The molecule has 1 unspecified atom stereocenters. The number of allylic oxidation sites excluding steroid dienone is 2. The fourth-order valence-electron chi connectivity index (χ4n) is 4.66. The van der Waals surface area contributed by atoms with Crippen LogP contribution in [0.15, 0.2) is 24.0 Å². The van der Waals surface area contributed by atoms with Gasteiger partial charge in [-0.2, -0.15) is 0 Å². The number of fused-ring (bicyclic) bond motifs is 1. The molecule has 0 amide bonds. The standard InChI is InChI=1S/C17H24O3/c1-11-5-6-14-13(9-11)10-17(16(14,3)4)7-8-19-15(17)20-12(2)18/h7-9,13-15H,5-6,10H2,1-4H3/t13-,14-,15+,17?/m1/s1. The molecule has 0 saturated heterocycles. The Morgan fingerprint density at radius 1 is 1.45 bits per heavy atom. The van der Waals surface area contributed by atoms with Crippen molar-refractivity contribution in [3.05, 3.63) is 24.0 Å². The van der Waals surface area contributed by atoms with E-state index in [-0.39, 0.29) is 16.8 Å². The molecule has 1 spiro atoms. The van der Waals surface area contributed by atoms with Crippen molar-refractivity contribution in [1.82, 2.24) is 0 Å². The lowest BCUT2D eigenvalue weighted by molar-refractivity contribution is -0.190. The summed E-state index contributed by atoms with van der Waals surface area (Å²) in [6, 6.07) is 0. The summed E-state index contributed by atoms with van der Waals surface area (Å²) in [6.07, 6.45) is 9.25. The second-order valence-electron chi connectivity index (χ2n) is 7.17. The summed E-state index contributed by atoms with van der Waals surface area (Å²) >= 11 is 0. The van der Waals surface area contributed by atoms with Crippen LogP contribution in [0.4, 0.5) is 0 Å². The minimum atomic E-state index is -0.464. The van der Waals surface area contributed by atoms with Gasteiger partial charge in [0.15, 0.2) is 0 Å². The van der Waals surface area contributed by atoms with Crippen LogP contribution in [0.5, 0.6) is 0 Å². The maximum atomic E-state index is 11.4. The molecule has 2 aliphatic carbocycles. The van der Waals surface area contributed by atoms with E-state index < -0.39 is 6.29 Å². The third-order valence-corrected chi connectivity index (χ3v) is 5.83. The van der Waals surface area contributed by atoms with Gasteiger partial charge < -0.3 is 9.47 Å². The van der Waals surface area contributed by atoms with Gasteiger partial charge in [-0.15, -0.1) is 0 Å². The van der Waals surface area contributed by atoms with Crippen LogP contribution < -0.4 is 0 Å². The lowest BCUT2D eigenvalue weighted by Crippen LogP contribution is -2.44. The first-order valence-electron chi connectivity index (χ1n) is 7.54. The monoisotopic (exact) mass is 276 g/mol. The number of ether oxygens (including phenoxy) is 2. The topological polar surface area (TPSA) is 35.5 Å². The second kappa shape index (κ2) is 4.37. The summed E-state index contributed by atoms with van der Waals surface area (Å²) in [6.45, 7) is 8.29. The van der Waals surface area contributed by atoms with Crippen LogP contribution in [0.3, 0.4) is 0 Å². The first-order chi connectivity index (χ1) is 9.37. The molecule has 3 aliphatic rings. The van der Waals surface area contributed by atoms with E-state index in [0.717, 1.165) is 6.42 Å². The van der Waals surface area contributed by atoms with E-state index in [4.69, 9.17) is 9.47 Å². The summed E-state index contributed by atoms with van der Waals surface area (Å²) in [7, 11) is 0. The van der Waals surface area contributed by atoms with Crippen molar-refractivity contribution >= 4 is 5.97 Å². The predicted molar refractivity (Wildman–Crippen MR) is 76.6 cm³/mol. The molecular weight excluding hydrogens is 252 g/mol. The van der Waals surface area contributed by atoms with Crippen LogP contribution in [0.25, 0.3) is 0 Å². The van der Waals surface area contributed by atoms with E-state index >= 15 is 0 Å². The molecule has 4 atom stereocenters. The molecule has 0 aromatic heterocycles. The Labute approximate surface area is 121 Å². The molecule has 3 rings (SSSR count). The maximum absolute atomic E-state index is 11.4. The molecular formula is C17H24O3. The largest absolute Gasteiger partial charge is 0.462 e. The van der Waals surface area contributed by atoms with E-state index in [1.165, 1.54) is 25.3 Å². The van der Waals surface area contributed by atoms with Gasteiger partial charge in [-0.25, -0.2) is 0 Å². The molecule has 0 aromatic rings. The van der Waals surface area contributed by atoms with Crippen molar-refractivity contribution in [2.24, 2.45) is 22.7 Å². The fourth-order valence-corrected chi connectivity index (χ4v) is 4.66. The highest BCUT2D eigenvalue weighted by molar-refractivity contribution is 5.66. The average Bonchev–Trinajstić information content (AvgIpc) is 2.81. The Morgan fingerprint density at radius 2 is 2.20 bits per heavy atom. The minimum absolute atomic E-state index is 0.0714. The normalized spacial score (nSPS) is 41.2. The molecule has 1 fully saturated rings. The first-order valence-corrected chi connectivity index (χ1v) is 7.54. The number of rotatable bonds is 1. The molecule has 3 heteroatoms. The van der Waals surface area contributed by atoms with Gasteiger partial charge in [0.25, 0.3) is 6.29 Å². The van der Waals surface area contributed by atoms with Gasteiger partial charge in [-0.1, -0.05) is 25.5 Å². The quantitative estimate of drug-likeness (QED) is 0.539. The van der Waals surface area contributed by atoms with Gasteiger partial charge in [0.05, 0.1) is 11.7 Å². The summed E-state index contributed by atoms with van der Waals surface area (Å²) in [5.74, 6) is 0.939. The third-order valence-electron chi connectivity index (χ3n) is 5.83. The van der Waals surface area contributed by atoms with Crippen LogP contribution in [0, 0.1) is 22.7 Å². The second-order valence-corrected chi connectivity index (χ2v) is 7.17. The molecule has 0 bridgehead atoms. The molecule has 0 N–H and O–H groups in total. The smallest absolute Gasteiger partial charge is 0.305 e. The molecule has 0 radical (unpaired) electrons. The van der Waals surface area contributed by atoms with Gasteiger partial charge in [0.1, 0.15) is 0 Å². The van der Waals surface area contributed by atoms with Crippen molar-refractivity contribution in [1.29, 1.82) is 0 Å². The third kappa shape index (κ3) is 1.75. The van der Waals surface area contributed by atoms with Crippen LogP contribution >= 0.6 is 0 Å². The summed E-state index contributed by atoms with van der Waals surface area (Å²) < 4.78 is 11.1. The van der Waals surface area contributed by atoms with Crippen LogP contribution in [0.2, 0.25) is 0 Å². The lowest BCUT2D eigenvalue weighted by Gasteiger charge is -2.43. The van der Waals surface area contributed by atoms with E-state index in [0.29, 0.717) is 11.8 Å². The molecule has 1 saturated carbocycles. The van der Waals surface area contributed by atoms with Gasteiger partial charge in [0.2, 0.25) is 0 Å². The van der Waals surface area contributed by atoms with Crippen LogP contribution in [-0.2, 0) is 14.3 Å². The number of carbonyl (C=O) groups excluding carboxylic acids is 1. The molecule has 20 heavy (non-hydrogen) atoms. The zero-order valence-corrected chi connectivity index (χ0v) is 12.8. The average molecular weight is 276 g/mol. The zero-order valence-electron chi connectivity index (χ0n) is 12.8. The summed E-state index contributed by atoms with van der Waals surface area (Å²) in [5.41, 5.74) is 1.38. The molecule has 110 valence electrons. The Hall–Kier alpha value is -1.25. The van der Waals surface area contributed by atoms with Crippen molar-refractivity contribution in [3.8, 4) is 0 Å². The van der Waals surface area contributed by atoms with E-state index in [9.17, 15) is 4.79 Å². The summed E-state index contributed by atoms with van der Waals surface area (Å²) in [5, 5.41) is 0. The van der Waals surface area contributed by atoms with Gasteiger partial charge in [-0.3, -0.25) is 4.79 Å². The van der Waals surface area contributed by atoms with Gasteiger partial charge in [-0.05, 0) is 49.5 Å². The van der Waals surface area contributed by atoms with Crippen molar-refractivity contribution in [2.75, 3.05) is 0 Å². The first kappa shape index (κ1) is 13.7. The Balaban J connectivity index is 1.97. The Morgan fingerprint density at radius 3 is 2.90 bits per heavy atom. The molecule has 0 aromatic carbocycles. The minimum Gasteiger partial charge on any atom is -0.462 e. The highest BCUT2D eigenvalue weighted by atomic mass is 16.7.